The minimum absolute atomic E-state index is 0.0308. The number of aliphatic hydroxyl groups is 1. The van der Waals surface area contributed by atoms with Crippen LogP contribution in [0.15, 0.2) is 48.8 Å². The van der Waals surface area contributed by atoms with Gasteiger partial charge in [-0.1, -0.05) is 13.0 Å². The maximum atomic E-state index is 13.7. The largest absolute Gasteiger partial charge is 0.490 e. The van der Waals surface area contributed by atoms with E-state index < -0.39 is 0 Å². The highest BCUT2D eigenvalue weighted by Gasteiger charge is 2.59. The second kappa shape index (κ2) is 7.89. The van der Waals surface area contributed by atoms with Crippen LogP contribution >= 0.6 is 0 Å². The lowest BCUT2D eigenvalue weighted by atomic mass is 9.97. The third-order valence-electron chi connectivity index (χ3n) is 6.67. The number of nitrogens with zero attached hydrogens (tertiary/aromatic N) is 2. The number of halogens is 1. The minimum atomic E-state index is -0.306. The number of amides is 1. The van der Waals surface area contributed by atoms with Crippen molar-refractivity contribution in [3.8, 4) is 5.75 Å². The summed E-state index contributed by atoms with van der Waals surface area (Å²) in [4.78, 5) is 21.1. The Bertz CT molecular complexity index is 1110. The van der Waals surface area contributed by atoms with Gasteiger partial charge in [0.05, 0.1) is 18.2 Å². The van der Waals surface area contributed by atoms with Gasteiger partial charge in [-0.15, -0.1) is 0 Å². The van der Waals surface area contributed by atoms with Crippen LogP contribution in [0.25, 0.3) is 10.9 Å². The van der Waals surface area contributed by atoms with Gasteiger partial charge in [0.1, 0.15) is 17.4 Å². The van der Waals surface area contributed by atoms with E-state index in [0.717, 1.165) is 12.8 Å². The molecule has 0 radical (unpaired) electrons. The molecule has 6 nitrogen and oxygen atoms in total. The minimum Gasteiger partial charge on any atom is -0.490 e. The first-order valence-electron chi connectivity index (χ1n) is 10.6. The average molecular weight is 421 g/mol. The van der Waals surface area contributed by atoms with Crippen molar-refractivity contribution in [2.45, 2.75) is 32.5 Å². The van der Waals surface area contributed by atoms with Gasteiger partial charge in [-0.2, -0.15) is 0 Å². The zero-order valence-electron chi connectivity index (χ0n) is 17.2. The van der Waals surface area contributed by atoms with Gasteiger partial charge in [0.2, 0.25) is 5.91 Å². The number of carbonyl (C=O) groups excluding carboxylic acids is 1. The topological polar surface area (TPSA) is 84.3 Å². The standard InChI is InChI=1S/C24H24FN3O3/c1-13(24(30)28-22-5-2-14(12-29)11-27-22)23-17-9-16(10-18(17)23)31-21-6-7-26-20-4-3-15(25)8-19(20)21/h2-8,11,13,16-18,23,29H,9-10,12H2,1H3,(H,27,28,30)/t13?,16-,17-,18+,23-. The van der Waals surface area contributed by atoms with Crippen LogP contribution in [-0.4, -0.2) is 27.1 Å². The highest BCUT2D eigenvalue weighted by molar-refractivity contribution is 5.92. The van der Waals surface area contributed by atoms with E-state index in [2.05, 4.69) is 15.3 Å². The van der Waals surface area contributed by atoms with Crippen molar-refractivity contribution in [3.05, 3.63) is 60.2 Å². The molecule has 1 unspecified atom stereocenters. The van der Waals surface area contributed by atoms with Crippen molar-refractivity contribution < 1.29 is 19.0 Å². The molecule has 31 heavy (non-hydrogen) atoms. The number of hydrogen-bond acceptors (Lipinski definition) is 5. The molecule has 7 heteroatoms. The fourth-order valence-electron chi connectivity index (χ4n) is 5.06. The molecule has 2 fully saturated rings. The number of pyridine rings is 2. The molecule has 3 aromatic rings. The van der Waals surface area contributed by atoms with Crippen molar-refractivity contribution in [1.29, 1.82) is 0 Å². The van der Waals surface area contributed by atoms with Gasteiger partial charge in [-0.3, -0.25) is 9.78 Å². The monoisotopic (exact) mass is 421 g/mol. The Hall–Kier alpha value is -3.06. The third kappa shape index (κ3) is 3.85. The number of nitrogens with one attached hydrogen (secondary N) is 1. The molecule has 2 N–H and O–H groups in total. The lowest BCUT2D eigenvalue weighted by Gasteiger charge is -2.20. The summed E-state index contributed by atoms with van der Waals surface area (Å²) in [6.07, 6.45) is 5.11. The molecule has 2 saturated carbocycles. The van der Waals surface area contributed by atoms with Crippen molar-refractivity contribution in [1.82, 2.24) is 9.97 Å². The molecule has 160 valence electrons. The van der Waals surface area contributed by atoms with E-state index >= 15 is 0 Å². The van der Waals surface area contributed by atoms with Crippen LogP contribution in [0.5, 0.6) is 5.75 Å². The van der Waals surface area contributed by atoms with E-state index in [1.165, 1.54) is 12.1 Å². The summed E-state index contributed by atoms with van der Waals surface area (Å²) in [5, 5.41) is 12.7. The van der Waals surface area contributed by atoms with E-state index in [0.29, 0.717) is 45.8 Å². The Morgan fingerprint density at radius 1 is 1.23 bits per heavy atom. The van der Waals surface area contributed by atoms with Gasteiger partial charge >= 0.3 is 0 Å². The zero-order valence-corrected chi connectivity index (χ0v) is 17.2. The van der Waals surface area contributed by atoms with Crippen LogP contribution < -0.4 is 10.1 Å². The number of anilines is 1. The Labute approximate surface area is 179 Å². The molecule has 2 aliphatic rings. The Balaban J connectivity index is 1.18. The number of benzene rings is 1. The van der Waals surface area contributed by atoms with Crippen molar-refractivity contribution >= 4 is 22.6 Å². The first-order chi connectivity index (χ1) is 15.0. The molecule has 2 aromatic heterocycles. The van der Waals surface area contributed by atoms with E-state index in [9.17, 15) is 9.18 Å². The summed E-state index contributed by atoms with van der Waals surface area (Å²) < 4.78 is 19.9. The van der Waals surface area contributed by atoms with Gasteiger partial charge in [0, 0.05) is 23.7 Å². The summed E-state index contributed by atoms with van der Waals surface area (Å²) in [6.45, 7) is 1.89. The molecule has 0 saturated heterocycles. The van der Waals surface area contributed by atoms with Crippen molar-refractivity contribution in [3.63, 3.8) is 0 Å². The molecule has 2 heterocycles. The van der Waals surface area contributed by atoms with Crippen molar-refractivity contribution in [2.24, 2.45) is 23.7 Å². The quantitative estimate of drug-likeness (QED) is 0.630. The maximum Gasteiger partial charge on any atom is 0.228 e. The lowest BCUT2D eigenvalue weighted by Crippen LogP contribution is -2.26. The Kier molecular flexibility index (Phi) is 5.06. The molecule has 5 atom stereocenters. The fourth-order valence-corrected chi connectivity index (χ4v) is 5.06. The summed E-state index contributed by atoms with van der Waals surface area (Å²) in [7, 11) is 0. The number of hydrogen-bond donors (Lipinski definition) is 2. The Morgan fingerprint density at radius 3 is 2.74 bits per heavy atom. The van der Waals surface area contributed by atoms with Crippen LogP contribution in [-0.2, 0) is 11.4 Å². The number of fused-ring (bicyclic) bond motifs is 2. The van der Waals surface area contributed by atoms with Gasteiger partial charge in [0.25, 0.3) is 0 Å². The number of carbonyl (C=O) groups is 1. The molecule has 1 aromatic carbocycles. The molecule has 0 aliphatic heterocycles. The van der Waals surface area contributed by atoms with Crippen LogP contribution in [0.1, 0.15) is 25.3 Å². The number of ether oxygens (including phenoxy) is 1. The summed E-state index contributed by atoms with van der Waals surface area (Å²) in [6, 6.07) is 9.76. The van der Waals surface area contributed by atoms with Gasteiger partial charge in [-0.05, 0) is 66.5 Å². The summed E-state index contributed by atoms with van der Waals surface area (Å²) in [5.74, 6) is 2.01. The van der Waals surface area contributed by atoms with Gasteiger partial charge < -0.3 is 15.2 Å². The van der Waals surface area contributed by atoms with E-state index in [1.54, 1.807) is 36.7 Å². The fraction of sp³-hybridized carbons (Fsp3) is 0.375. The summed E-state index contributed by atoms with van der Waals surface area (Å²) in [5.41, 5.74) is 1.42. The molecule has 1 amide bonds. The highest BCUT2D eigenvalue weighted by Crippen LogP contribution is 2.61. The van der Waals surface area contributed by atoms with Crippen molar-refractivity contribution in [2.75, 3.05) is 5.32 Å². The van der Waals surface area contributed by atoms with E-state index in [4.69, 9.17) is 9.84 Å². The first kappa shape index (κ1) is 19.9. The Morgan fingerprint density at radius 2 is 2.03 bits per heavy atom. The van der Waals surface area contributed by atoms with E-state index in [-0.39, 0.29) is 30.4 Å². The first-order valence-corrected chi connectivity index (χ1v) is 10.6. The third-order valence-corrected chi connectivity index (χ3v) is 6.67. The van der Waals surface area contributed by atoms with Crippen LogP contribution in [0.2, 0.25) is 0 Å². The zero-order chi connectivity index (χ0) is 21.5. The number of aliphatic hydroxyl groups excluding tert-OH is 1. The second-order valence-electron chi connectivity index (χ2n) is 8.57. The van der Waals surface area contributed by atoms with Gasteiger partial charge in [0.15, 0.2) is 0 Å². The van der Waals surface area contributed by atoms with Crippen LogP contribution in [0.3, 0.4) is 0 Å². The lowest BCUT2D eigenvalue weighted by molar-refractivity contribution is -0.120. The summed E-state index contributed by atoms with van der Waals surface area (Å²) >= 11 is 0. The molecule has 0 spiro atoms. The highest BCUT2D eigenvalue weighted by atomic mass is 19.1. The second-order valence-corrected chi connectivity index (χ2v) is 8.57. The normalized spacial score (nSPS) is 25.1. The molecular formula is C24H24FN3O3. The smallest absolute Gasteiger partial charge is 0.228 e. The molecule has 0 bridgehead atoms. The van der Waals surface area contributed by atoms with Gasteiger partial charge in [-0.25, -0.2) is 9.37 Å². The molecular weight excluding hydrogens is 397 g/mol. The molecule has 2 aliphatic carbocycles. The maximum absolute atomic E-state index is 13.7. The number of rotatable bonds is 6. The van der Waals surface area contributed by atoms with E-state index in [1.807, 2.05) is 6.92 Å². The predicted octanol–water partition coefficient (Wildman–Crippen LogP) is 3.94. The number of aromatic nitrogens is 2. The predicted molar refractivity (Wildman–Crippen MR) is 114 cm³/mol. The molecule has 5 rings (SSSR count). The SMILES string of the molecule is CC(C(=O)Nc1ccc(CO)cn1)[C@@H]1[C@@H]2C[C@@H](Oc3ccnc4ccc(F)cc34)C[C@@H]21. The van der Waals surface area contributed by atoms with Crippen LogP contribution in [0, 0.1) is 29.5 Å². The van der Waals surface area contributed by atoms with Crippen LogP contribution in [0.4, 0.5) is 10.2 Å². The average Bonchev–Trinajstić information content (AvgIpc) is 3.28.